The monoisotopic (exact) mass is 426 g/mol. The van der Waals surface area contributed by atoms with Crippen LogP contribution in [-0.2, 0) is 9.47 Å². The fourth-order valence-electron chi connectivity index (χ4n) is 3.34. The molecule has 0 atom stereocenters. The van der Waals surface area contributed by atoms with Gasteiger partial charge in [-0.2, -0.15) is 4.98 Å². The number of amides is 2. The molecule has 2 aliphatic heterocycles. The molecule has 0 aromatic carbocycles. The third-order valence-electron chi connectivity index (χ3n) is 4.91. The van der Waals surface area contributed by atoms with Gasteiger partial charge in [-0.1, -0.05) is 11.6 Å². The smallest absolute Gasteiger partial charge is 0.409 e. The molecule has 0 bridgehead atoms. The molecule has 11 heteroatoms. The Labute approximate surface area is 175 Å². The van der Waals surface area contributed by atoms with Crippen molar-refractivity contribution in [3.63, 3.8) is 0 Å². The van der Waals surface area contributed by atoms with Crippen molar-refractivity contribution in [2.75, 3.05) is 75.4 Å². The van der Waals surface area contributed by atoms with Gasteiger partial charge < -0.3 is 29.1 Å². The number of carbonyl (C=O) groups is 2. The van der Waals surface area contributed by atoms with E-state index in [0.717, 1.165) is 0 Å². The first-order chi connectivity index (χ1) is 14.0. The summed E-state index contributed by atoms with van der Waals surface area (Å²) in [5.41, 5.74) is 0. The zero-order valence-corrected chi connectivity index (χ0v) is 17.6. The molecule has 2 saturated heterocycles. The van der Waals surface area contributed by atoms with Crippen LogP contribution in [0.25, 0.3) is 0 Å². The third-order valence-corrected chi connectivity index (χ3v) is 5.17. The number of ether oxygens (including phenoxy) is 2. The maximum absolute atomic E-state index is 11.9. The van der Waals surface area contributed by atoms with E-state index in [1.165, 1.54) is 0 Å². The summed E-state index contributed by atoms with van der Waals surface area (Å²) < 4.78 is 10.1. The molecule has 10 nitrogen and oxygen atoms in total. The van der Waals surface area contributed by atoms with Crippen LogP contribution in [0.3, 0.4) is 0 Å². The molecule has 0 aliphatic carbocycles. The summed E-state index contributed by atoms with van der Waals surface area (Å²) in [4.78, 5) is 40.2. The molecular formula is C18H27ClN6O4. The normalized spacial score (nSPS) is 17.3. The van der Waals surface area contributed by atoms with Crippen LogP contribution in [0.15, 0.2) is 6.20 Å². The highest BCUT2D eigenvalue weighted by atomic mass is 35.5. The molecule has 0 radical (unpaired) electrons. The molecule has 0 saturated carbocycles. The first-order valence-corrected chi connectivity index (χ1v) is 10.3. The maximum Gasteiger partial charge on any atom is 0.409 e. The van der Waals surface area contributed by atoms with E-state index in [4.69, 9.17) is 21.1 Å². The van der Waals surface area contributed by atoms with E-state index in [0.29, 0.717) is 82.4 Å². The van der Waals surface area contributed by atoms with Crippen molar-refractivity contribution in [3.05, 3.63) is 11.2 Å². The quantitative estimate of drug-likeness (QED) is 0.718. The zero-order valence-electron chi connectivity index (χ0n) is 16.8. The number of hydrogen-bond donors (Lipinski definition) is 0. The van der Waals surface area contributed by atoms with Crippen LogP contribution in [0.2, 0.25) is 5.02 Å². The minimum Gasteiger partial charge on any atom is -0.450 e. The van der Waals surface area contributed by atoms with Crippen molar-refractivity contribution in [2.45, 2.75) is 13.8 Å². The number of hydrogen-bond acceptors (Lipinski definition) is 8. The van der Waals surface area contributed by atoms with E-state index < -0.39 is 0 Å². The standard InChI is InChI=1S/C18H27ClN6O4/c1-3-28-17(26)24-9-5-22(6-10-24)15-14(19)13-20-16(21-15)23-7-11-25(12-8-23)18(27)29-4-2/h13H,3-12H2,1-2H3. The van der Waals surface area contributed by atoms with Gasteiger partial charge in [0, 0.05) is 52.4 Å². The molecule has 3 heterocycles. The van der Waals surface area contributed by atoms with Crippen LogP contribution in [0.4, 0.5) is 21.4 Å². The zero-order chi connectivity index (χ0) is 20.8. The fourth-order valence-corrected chi connectivity index (χ4v) is 3.55. The predicted octanol–water partition coefficient (Wildman–Crippen LogP) is 1.69. The van der Waals surface area contributed by atoms with Crippen LogP contribution in [0, 0.1) is 0 Å². The fraction of sp³-hybridized carbons (Fsp3) is 0.667. The second-order valence-electron chi connectivity index (χ2n) is 6.69. The minimum atomic E-state index is -0.291. The lowest BCUT2D eigenvalue weighted by atomic mass is 10.3. The number of anilines is 2. The molecule has 160 valence electrons. The summed E-state index contributed by atoms with van der Waals surface area (Å²) in [6.07, 6.45) is 1.03. The Morgan fingerprint density at radius 2 is 1.38 bits per heavy atom. The van der Waals surface area contributed by atoms with Crippen molar-refractivity contribution >= 4 is 35.6 Å². The van der Waals surface area contributed by atoms with Crippen LogP contribution in [-0.4, -0.2) is 97.5 Å². The Hall–Kier alpha value is -2.49. The van der Waals surface area contributed by atoms with E-state index in [-0.39, 0.29) is 12.2 Å². The van der Waals surface area contributed by atoms with Crippen molar-refractivity contribution in [1.29, 1.82) is 0 Å². The van der Waals surface area contributed by atoms with Crippen LogP contribution in [0.1, 0.15) is 13.8 Å². The van der Waals surface area contributed by atoms with E-state index in [1.807, 2.05) is 4.90 Å². The van der Waals surface area contributed by atoms with Crippen molar-refractivity contribution < 1.29 is 19.1 Å². The molecule has 2 fully saturated rings. The first-order valence-electron chi connectivity index (χ1n) is 9.89. The van der Waals surface area contributed by atoms with Crippen molar-refractivity contribution in [2.24, 2.45) is 0 Å². The molecule has 2 aliphatic rings. The van der Waals surface area contributed by atoms with Gasteiger partial charge in [-0.15, -0.1) is 0 Å². The van der Waals surface area contributed by atoms with Crippen molar-refractivity contribution in [3.8, 4) is 0 Å². The SMILES string of the molecule is CCOC(=O)N1CCN(c2ncc(Cl)c(N3CCN(C(=O)OCC)CC3)n2)CC1. The molecular weight excluding hydrogens is 400 g/mol. The molecule has 0 spiro atoms. The number of aromatic nitrogens is 2. The van der Waals surface area contributed by atoms with E-state index >= 15 is 0 Å². The second kappa shape index (κ2) is 9.82. The summed E-state index contributed by atoms with van der Waals surface area (Å²) >= 11 is 6.36. The third kappa shape index (κ3) is 5.11. The van der Waals surface area contributed by atoms with Gasteiger partial charge in [-0.25, -0.2) is 14.6 Å². The molecule has 1 aromatic rings. The lowest BCUT2D eigenvalue weighted by molar-refractivity contribution is 0.104. The van der Waals surface area contributed by atoms with Crippen LogP contribution < -0.4 is 9.80 Å². The molecule has 0 N–H and O–H groups in total. The topological polar surface area (TPSA) is 91.3 Å². The molecule has 29 heavy (non-hydrogen) atoms. The summed E-state index contributed by atoms with van der Waals surface area (Å²) in [7, 11) is 0. The molecule has 0 unspecified atom stereocenters. The number of piperazine rings is 2. The number of rotatable bonds is 4. The van der Waals surface area contributed by atoms with Gasteiger partial charge in [0.2, 0.25) is 5.95 Å². The van der Waals surface area contributed by atoms with E-state index in [1.54, 1.807) is 29.8 Å². The summed E-state index contributed by atoms with van der Waals surface area (Å²) in [5.74, 6) is 1.24. The highest BCUT2D eigenvalue weighted by Crippen LogP contribution is 2.26. The van der Waals surface area contributed by atoms with Gasteiger partial charge in [-0.3, -0.25) is 0 Å². The van der Waals surface area contributed by atoms with E-state index in [9.17, 15) is 9.59 Å². The average molecular weight is 427 g/mol. The minimum absolute atomic E-state index is 0.288. The predicted molar refractivity (Wildman–Crippen MR) is 109 cm³/mol. The summed E-state index contributed by atoms with van der Waals surface area (Å²) in [5, 5.41) is 0.475. The lowest BCUT2D eigenvalue weighted by Crippen LogP contribution is -2.50. The van der Waals surface area contributed by atoms with Crippen LogP contribution >= 0.6 is 11.6 Å². The van der Waals surface area contributed by atoms with E-state index in [2.05, 4.69) is 14.9 Å². The van der Waals surface area contributed by atoms with Crippen molar-refractivity contribution in [1.82, 2.24) is 19.8 Å². The van der Waals surface area contributed by atoms with Gasteiger partial charge in [0.1, 0.15) is 5.02 Å². The van der Waals surface area contributed by atoms with Gasteiger partial charge >= 0.3 is 12.2 Å². The highest BCUT2D eigenvalue weighted by Gasteiger charge is 2.27. The number of halogens is 1. The largest absolute Gasteiger partial charge is 0.450 e. The Bertz CT molecular complexity index is 720. The Kier molecular flexibility index (Phi) is 7.18. The summed E-state index contributed by atoms with van der Waals surface area (Å²) in [6, 6.07) is 0. The Balaban J connectivity index is 1.61. The molecule has 1 aromatic heterocycles. The molecule has 2 amide bonds. The number of carbonyl (C=O) groups excluding carboxylic acids is 2. The van der Waals surface area contributed by atoms with Gasteiger partial charge in [0.05, 0.1) is 19.4 Å². The van der Waals surface area contributed by atoms with Gasteiger partial charge in [0.15, 0.2) is 5.82 Å². The average Bonchev–Trinajstić information content (AvgIpc) is 2.75. The number of nitrogens with zero attached hydrogens (tertiary/aromatic N) is 6. The Morgan fingerprint density at radius 3 is 1.86 bits per heavy atom. The van der Waals surface area contributed by atoms with Gasteiger partial charge in [-0.05, 0) is 13.8 Å². The van der Waals surface area contributed by atoms with Crippen LogP contribution in [0.5, 0.6) is 0 Å². The highest BCUT2D eigenvalue weighted by molar-refractivity contribution is 6.32. The lowest BCUT2D eigenvalue weighted by Gasteiger charge is -2.36. The second-order valence-corrected chi connectivity index (χ2v) is 7.09. The summed E-state index contributed by atoms with van der Waals surface area (Å²) in [6.45, 7) is 9.00. The van der Waals surface area contributed by atoms with Gasteiger partial charge in [0.25, 0.3) is 0 Å². The molecule has 3 rings (SSSR count). The first kappa shape index (κ1) is 21.2. The maximum atomic E-state index is 11.9. The Morgan fingerprint density at radius 1 is 0.897 bits per heavy atom.